The largest absolute Gasteiger partial charge is 0.480 e. The van der Waals surface area contributed by atoms with Gasteiger partial charge >= 0.3 is 5.97 Å². The van der Waals surface area contributed by atoms with Crippen molar-refractivity contribution in [3.63, 3.8) is 0 Å². The Bertz CT molecular complexity index is 128. The van der Waals surface area contributed by atoms with E-state index in [9.17, 15) is 4.79 Å². The molecule has 0 saturated carbocycles. The van der Waals surface area contributed by atoms with Crippen LogP contribution in [0.25, 0.3) is 0 Å². The molecule has 9 heavy (non-hydrogen) atoms. The molecule has 52 valence electrons. The van der Waals surface area contributed by atoms with Crippen LogP contribution >= 0.6 is 11.6 Å². The van der Waals surface area contributed by atoms with Crippen LogP contribution in [0.15, 0.2) is 0 Å². The van der Waals surface area contributed by atoms with Gasteiger partial charge in [0.1, 0.15) is 6.04 Å². The summed E-state index contributed by atoms with van der Waals surface area (Å²) < 4.78 is 0. The Kier molecular flexibility index (Phi) is 1.93. The molecule has 4 heteroatoms. The van der Waals surface area contributed by atoms with Gasteiger partial charge in [-0.3, -0.25) is 4.79 Å². The molecule has 0 bridgehead atoms. The lowest BCUT2D eigenvalue weighted by Crippen LogP contribution is -2.29. The van der Waals surface area contributed by atoms with Gasteiger partial charge in [0, 0.05) is 11.9 Å². The molecule has 0 aromatic heterocycles. The third kappa shape index (κ3) is 1.56. The highest BCUT2D eigenvalue weighted by molar-refractivity contribution is 6.21. The van der Waals surface area contributed by atoms with Gasteiger partial charge in [0.25, 0.3) is 0 Å². The van der Waals surface area contributed by atoms with Crippen molar-refractivity contribution in [2.24, 2.45) is 0 Å². The summed E-state index contributed by atoms with van der Waals surface area (Å²) in [6, 6.07) is -0.424. The maximum Gasteiger partial charge on any atom is 0.320 e. The molecule has 0 aromatic carbocycles. The Morgan fingerprint density at radius 1 is 1.78 bits per heavy atom. The SMILES string of the molecule is O=C(O)C1CC(Cl)CN1. The number of alkyl halides is 1. The summed E-state index contributed by atoms with van der Waals surface area (Å²) >= 11 is 5.63. The lowest BCUT2D eigenvalue weighted by atomic mass is 10.2. The van der Waals surface area contributed by atoms with Gasteiger partial charge in [-0.1, -0.05) is 0 Å². The van der Waals surface area contributed by atoms with Crippen molar-refractivity contribution in [2.75, 3.05) is 6.54 Å². The number of halogens is 1. The summed E-state index contributed by atoms with van der Waals surface area (Å²) in [5.74, 6) is -0.807. The average Bonchev–Trinajstić information content (AvgIpc) is 2.14. The number of aliphatic carboxylic acids is 1. The molecule has 0 amide bonds. The molecule has 1 heterocycles. The number of carbonyl (C=O) groups is 1. The van der Waals surface area contributed by atoms with Gasteiger partial charge in [0.15, 0.2) is 0 Å². The molecule has 0 aliphatic carbocycles. The molecule has 2 unspecified atom stereocenters. The van der Waals surface area contributed by atoms with Gasteiger partial charge in [-0.2, -0.15) is 0 Å². The number of carboxylic acids is 1. The Morgan fingerprint density at radius 2 is 2.44 bits per heavy atom. The average molecular weight is 150 g/mol. The van der Waals surface area contributed by atoms with Crippen molar-refractivity contribution in [1.82, 2.24) is 5.32 Å². The van der Waals surface area contributed by atoms with Crippen molar-refractivity contribution in [3.8, 4) is 0 Å². The lowest BCUT2D eigenvalue weighted by molar-refractivity contribution is -0.139. The molecule has 0 spiro atoms. The third-order valence-corrected chi connectivity index (χ3v) is 1.71. The molecule has 2 atom stereocenters. The topological polar surface area (TPSA) is 49.3 Å². The van der Waals surface area contributed by atoms with E-state index in [0.29, 0.717) is 13.0 Å². The predicted molar refractivity (Wildman–Crippen MR) is 33.7 cm³/mol. The fourth-order valence-corrected chi connectivity index (χ4v) is 1.15. The molecule has 3 nitrogen and oxygen atoms in total. The molecule has 1 aliphatic heterocycles. The number of carboxylic acid groups (broad SMARTS) is 1. The van der Waals surface area contributed by atoms with Crippen molar-refractivity contribution >= 4 is 17.6 Å². The van der Waals surface area contributed by atoms with E-state index in [1.165, 1.54) is 0 Å². The van der Waals surface area contributed by atoms with Crippen LogP contribution in [0.3, 0.4) is 0 Å². The van der Waals surface area contributed by atoms with Gasteiger partial charge in [-0.15, -0.1) is 11.6 Å². The monoisotopic (exact) mass is 149 g/mol. The summed E-state index contributed by atoms with van der Waals surface area (Å²) in [5.41, 5.74) is 0. The van der Waals surface area contributed by atoms with Crippen molar-refractivity contribution < 1.29 is 9.90 Å². The van der Waals surface area contributed by atoms with E-state index in [1.54, 1.807) is 0 Å². The minimum Gasteiger partial charge on any atom is -0.480 e. The number of nitrogens with one attached hydrogen (secondary N) is 1. The van der Waals surface area contributed by atoms with Gasteiger partial charge in [0.2, 0.25) is 0 Å². The van der Waals surface area contributed by atoms with E-state index in [1.807, 2.05) is 0 Å². The van der Waals surface area contributed by atoms with Crippen LogP contribution in [-0.2, 0) is 4.79 Å². The van der Waals surface area contributed by atoms with E-state index in [-0.39, 0.29) is 5.38 Å². The second-order valence-electron chi connectivity index (χ2n) is 2.13. The zero-order valence-electron chi connectivity index (χ0n) is 4.80. The third-order valence-electron chi connectivity index (χ3n) is 1.38. The fraction of sp³-hybridized carbons (Fsp3) is 0.800. The molecule has 0 aromatic rings. The first-order chi connectivity index (χ1) is 4.20. The Hall–Kier alpha value is -0.280. The first-order valence-electron chi connectivity index (χ1n) is 2.80. The van der Waals surface area contributed by atoms with Gasteiger partial charge < -0.3 is 10.4 Å². The van der Waals surface area contributed by atoms with Crippen molar-refractivity contribution in [2.45, 2.75) is 17.8 Å². The van der Waals surface area contributed by atoms with Crippen LogP contribution in [0.1, 0.15) is 6.42 Å². The van der Waals surface area contributed by atoms with Gasteiger partial charge in [0.05, 0.1) is 0 Å². The van der Waals surface area contributed by atoms with Crippen LogP contribution < -0.4 is 5.32 Å². The highest BCUT2D eigenvalue weighted by Gasteiger charge is 2.27. The number of rotatable bonds is 1. The zero-order valence-corrected chi connectivity index (χ0v) is 5.56. The first kappa shape index (κ1) is 6.83. The Labute approximate surface area is 58.0 Å². The van der Waals surface area contributed by atoms with E-state index < -0.39 is 12.0 Å². The second kappa shape index (κ2) is 2.54. The molecule has 2 N–H and O–H groups in total. The number of hydrogen-bond donors (Lipinski definition) is 2. The molecular formula is C5H8ClNO2. The minimum atomic E-state index is -0.807. The van der Waals surface area contributed by atoms with Crippen LogP contribution in [0, 0.1) is 0 Å². The van der Waals surface area contributed by atoms with Gasteiger partial charge in [-0.25, -0.2) is 0 Å². The smallest absolute Gasteiger partial charge is 0.320 e. The zero-order chi connectivity index (χ0) is 6.85. The Morgan fingerprint density at radius 3 is 2.67 bits per heavy atom. The predicted octanol–water partition coefficient (Wildman–Crippen LogP) is 0.0403. The standard InChI is InChI=1S/C5H8ClNO2/c6-3-1-4(5(8)9)7-2-3/h3-4,7H,1-2H2,(H,8,9). The van der Waals surface area contributed by atoms with Crippen molar-refractivity contribution in [3.05, 3.63) is 0 Å². The quantitative estimate of drug-likeness (QED) is 0.518. The summed E-state index contributed by atoms with van der Waals surface area (Å²) in [5, 5.41) is 11.2. The minimum absolute atomic E-state index is 0.00824. The number of hydrogen-bond acceptors (Lipinski definition) is 2. The second-order valence-corrected chi connectivity index (χ2v) is 2.75. The van der Waals surface area contributed by atoms with E-state index in [0.717, 1.165) is 0 Å². The summed E-state index contributed by atoms with van der Waals surface area (Å²) in [4.78, 5) is 10.2. The summed E-state index contributed by atoms with van der Waals surface area (Å²) in [6.45, 7) is 0.610. The lowest BCUT2D eigenvalue weighted by Gasteiger charge is -1.99. The maximum atomic E-state index is 10.2. The molecule has 1 saturated heterocycles. The highest BCUT2D eigenvalue weighted by atomic mass is 35.5. The molecule has 1 fully saturated rings. The first-order valence-corrected chi connectivity index (χ1v) is 3.24. The van der Waals surface area contributed by atoms with Crippen molar-refractivity contribution in [1.29, 1.82) is 0 Å². The van der Waals surface area contributed by atoms with Crippen LogP contribution in [0.2, 0.25) is 0 Å². The van der Waals surface area contributed by atoms with Crippen LogP contribution in [-0.4, -0.2) is 29.0 Å². The van der Waals surface area contributed by atoms with E-state index in [4.69, 9.17) is 16.7 Å². The molecule has 1 rings (SSSR count). The molecule has 1 aliphatic rings. The molecular weight excluding hydrogens is 142 g/mol. The highest BCUT2D eigenvalue weighted by Crippen LogP contribution is 2.11. The molecule has 0 radical (unpaired) electrons. The van der Waals surface area contributed by atoms with Gasteiger partial charge in [-0.05, 0) is 6.42 Å². The van der Waals surface area contributed by atoms with Crippen LogP contribution in [0.5, 0.6) is 0 Å². The fourth-order valence-electron chi connectivity index (χ4n) is 0.881. The summed E-state index contributed by atoms with van der Waals surface area (Å²) in [7, 11) is 0. The Balaban J connectivity index is 2.39. The van der Waals surface area contributed by atoms with E-state index >= 15 is 0 Å². The summed E-state index contributed by atoms with van der Waals surface area (Å²) in [6.07, 6.45) is 0.539. The normalized spacial score (nSPS) is 34.8. The van der Waals surface area contributed by atoms with E-state index in [2.05, 4.69) is 5.32 Å². The maximum absolute atomic E-state index is 10.2. The van der Waals surface area contributed by atoms with Crippen LogP contribution in [0.4, 0.5) is 0 Å².